The number of amides is 2. The lowest BCUT2D eigenvalue weighted by Crippen LogP contribution is -2.41. The number of carbonyl (C=O) groups is 2. The Morgan fingerprint density at radius 1 is 1.09 bits per heavy atom. The third-order valence-corrected chi connectivity index (χ3v) is 5.81. The Bertz CT molecular complexity index is 1350. The fourth-order valence-corrected chi connectivity index (χ4v) is 4.17. The highest BCUT2D eigenvalue weighted by Crippen LogP contribution is 2.34. The van der Waals surface area contributed by atoms with Crippen LogP contribution in [0.25, 0.3) is 11.0 Å². The smallest absolute Gasteiger partial charge is 0.258 e. The van der Waals surface area contributed by atoms with Crippen molar-refractivity contribution in [3.05, 3.63) is 82.9 Å². The van der Waals surface area contributed by atoms with Gasteiger partial charge in [0.15, 0.2) is 0 Å². The molecule has 0 radical (unpaired) electrons. The number of fused-ring (bicyclic) bond motifs is 2. The molecule has 2 aromatic carbocycles. The van der Waals surface area contributed by atoms with Gasteiger partial charge >= 0.3 is 0 Å². The normalized spacial score (nSPS) is 15.4. The lowest BCUT2D eigenvalue weighted by atomic mass is 10.0. The van der Waals surface area contributed by atoms with Gasteiger partial charge in [0.05, 0.1) is 33.3 Å². The number of halogens is 1. The Morgan fingerprint density at radius 2 is 1.88 bits per heavy atom. The van der Waals surface area contributed by atoms with Gasteiger partial charge in [0.2, 0.25) is 0 Å². The standard InChI is InChI=1S/C23H19ClN6O2/c1-29-13-20-21(28-29)18(27-22(31)15-4-2-3-5-16(15)24)8-11-30(20)23(32)14-6-7-17-19(12-14)26-10-9-25-17/h2-7,9-10,12-13,18H,8,11H2,1H3,(H,27,31). The Balaban J connectivity index is 1.43. The molecule has 0 bridgehead atoms. The van der Waals surface area contributed by atoms with Crippen molar-refractivity contribution in [3.63, 3.8) is 0 Å². The van der Waals surface area contributed by atoms with Crippen molar-refractivity contribution in [2.45, 2.75) is 12.5 Å². The van der Waals surface area contributed by atoms with E-state index in [0.717, 1.165) is 5.52 Å². The lowest BCUT2D eigenvalue weighted by molar-refractivity contribution is 0.0932. The van der Waals surface area contributed by atoms with Crippen LogP contribution in [0.1, 0.15) is 38.9 Å². The second kappa shape index (κ2) is 8.05. The number of aryl methyl sites for hydroxylation is 1. The molecule has 0 saturated heterocycles. The van der Waals surface area contributed by atoms with Crippen molar-refractivity contribution in [1.29, 1.82) is 0 Å². The van der Waals surface area contributed by atoms with Gasteiger partial charge in [0.25, 0.3) is 11.8 Å². The van der Waals surface area contributed by atoms with Crippen molar-refractivity contribution >= 4 is 40.1 Å². The van der Waals surface area contributed by atoms with E-state index in [2.05, 4.69) is 20.4 Å². The van der Waals surface area contributed by atoms with Crippen LogP contribution in [0.3, 0.4) is 0 Å². The van der Waals surface area contributed by atoms with Crippen molar-refractivity contribution in [3.8, 4) is 0 Å². The average Bonchev–Trinajstić information content (AvgIpc) is 3.20. The second-order valence-electron chi connectivity index (χ2n) is 7.58. The summed E-state index contributed by atoms with van der Waals surface area (Å²) in [5.74, 6) is -0.423. The highest BCUT2D eigenvalue weighted by atomic mass is 35.5. The predicted molar refractivity (Wildman–Crippen MR) is 121 cm³/mol. The molecule has 3 heterocycles. The summed E-state index contributed by atoms with van der Waals surface area (Å²) < 4.78 is 1.65. The van der Waals surface area contributed by atoms with Crippen LogP contribution in [0.4, 0.5) is 5.69 Å². The maximum atomic E-state index is 13.3. The number of nitrogens with zero attached hydrogens (tertiary/aromatic N) is 5. The molecule has 8 nitrogen and oxygen atoms in total. The first kappa shape index (κ1) is 20.1. The van der Waals surface area contributed by atoms with E-state index in [9.17, 15) is 9.59 Å². The summed E-state index contributed by atoms with van der Waals surface area (Å²) in [4.78, 5) is 36.4. The maximum Gasteiger partial charge on any atom is 0.258 e. The van der Waals surface area contributed by atoms with Gasteiger partial charge in [-0.3, -0.25) is 24.2 Å². The first-order valence-electron chi connectivity index (χ1n) is 10.1. The summed E-state index contributed by atoms with van der Waals surface area (Å²) in [5.41, 5.74) is 3.63. The number of carbonyl (C=O) groups excluding carboxylic acids is 2. The number of benzene rings is 2. The molecule has 1 N–H and O–H groups in total. The van der Waals surface area contributed by atoms with Gasteiger partial charge in [0.1, 0.15) is 5.69 Å². The maximum absolute atomic E-state index is 13.3. The first-order valence-corrected chi connectivity index (χ1v) is 10.5. The van der Waals surface area contributed by atoms with Gasteiger partial charge in [-0.15, -0.1) is 0 Å². The number of hydrogen-bond acceptors (Lipinski definition) is 5. The van der Waals surface area contributed by atoms with E-state index in [4.69, 9.17) is 11.6 Å². The van der Waals surface area contributed by atoms with Crippen LogP contribution in [-0.4, -0.2) is 38.1 Å². The number of rotatable bonds is 3. The largest absolute Gasteiger partial charge is 0.343 e. The SMILES string of the molecule is Cn1cc2c(n1)C(NC(=O)c1ccccc1Cl)CCN2C(=O)c1ccc2nccnc2c1. The Labute approximate surface area is 188 Å². The van der Waals surface area contributed by atoms with E-state index in [-0.39, 0.29) is 17.9 Å². The highest BCUT2D eigenvalue weighted by Gasteiger charge is 2.33. The third kappa shape index (κ3) is 3.58. The molecule has 5 rings (SSSR count). The Kier molecular flexibility index (Phi) is 5.07. The van der Waals surface area contributed by atoms with E-state index < -0.39 is 0 Å². The van der Waals surface area contributed by atoms with E-state index in [1.54, 1.807) is 77.7 Å². The molecule has 1 atom stereocenters. The molecule has 4 aromatic rings. The fourth-order valence-electron chi connectivity index (χ4n) is 3.95. The minimum absolute atomic E-state index is 0.150. The molecule has 160 valence electrons. The first-order chi connectivity index (χ1) is 15.5. The van der Waals surface area contributed by atoms with E-state index >= 15 is 0 Å². The van der Waals surface area contributed by atoms with Crippen LogP contribution in [0.15, 0.2) is 61.1 Å². The van der Waals surface area contributed by atoms with E-state index in [1.165, 1.54) is 0 Å². The Morgan fingerprint density at radius 3 is 2.69 bits per heavy atom. The number of aromatic nitrogens is 4. The topological polar surface area (TPSA) is 93.0 Å². The molecular formula is C23H19ClN6O2. The molecule has 32 heavy (non-hydrogen) atoms. The summed E-state index contributed by atoms with van der Waals surface area (Å²) in [7, 11) is 1.79. The third-order valence-electron chi connectivity index (χ3n) is 5.48. The summed E-state index contributed by atoms with van der Waals surface area (Å²) in [6.45, 7) is 0.434. The molecule has 9 heteroatoms. The molecular weight excluding hydrogens is 428 g/mol. The van der Waals surface area contributed by atoms with Crippen LogP contribution >= 0.6 is 11.6 Å². The molecule has 2 aromatic heterocycles. The number of nitrogens with one attached hydrogen (secondary N) is 1. The Hall–Kier alpha value is -3.78. The molecule has 2 amide bonds. The monoisotopic (exact) mass is 446 g/mol. The van der Waals surface area contributed by atoms with Crippen LogP contribution < -0.4 is 10.2 Å². The summed E-state index contributed by atoms with van der Waals surface area (Å²) in [6, 6.07) is 11.8. The molecule has 0 fully saturated rings. The van der Waals surface area contributed by atoms with Gasteiger partial charge in [-0.2, -0.15) is 5.10 Å². The quantitative estimate of drug-likeness (QED) is 0.519. The van der Waals surface area contributed by atoms with Crippen molar-refractivity contribution in [2.75, 3.05) is 11.4 Å². The molecule has 0 saturated carbocycles. The van der Waals surface area contributed by atoms with Gasteiger partial charge in [-0.1, -0.05) is 23.7 Å². The average molecular weight is 447 g/mol. The minimum atomic E-state index is -0.332. The molecule has 1 aliphatic rings. The number of hydrogen-bond donors (Lipinski definition) is 1. The summed E-state index contributed by atoms with van der Waals surface area (Å²) in [5, 5.41) is 7.93. The van der Waals surface area contributed by atoms with Crippen LogP contribution in [0.5, 0.6) is 0 Å². The fraction of sp³-hybridized carbons (Fsp3) is 0.174. The van der Waals surface area contributed by atoms with Gasteiger partial charge in [0, 0.05) is 37.7 Å². The molecule has 1 unspecified atom stereocenters. The van der Waals surface area contributed by atoms with Gasteiger partial charge in [-0.25, -0.2) is 0 Å². The van der Waals surface area contributed by atoms with Crippen LogP contribution in [0.2, 0.25) is 5.02 Å². The molecule has 1 aliphatic heterocycles. The van der Waals surface area contributed by atoms with Gasteiger partial charge in [-0.05, 0) is 36.8 Å². The predicted octanol–water partition coefficient (Wildman–Crippen LogP) is 3.54. The van der Waals surface area contributed by atoms with Crippen molar-refractivity contribution < 1.29 is 9.59 Å². The van der Waals surface area contributed by atoms with Gasteiger partial charge < -0.3 is 10.2 Å². The second-order valence-corrected chi connectivity index (χ2v) is 7.99. The minimum Gasteiger partial charge on any atom is -0.343 e. The van der Waals surface area contributed by atoms with E-state index in [1.807, 2.05) is 0 Å². The van der Waals surface area contributed by atoms with Crippen LogP contribution in [-0.2, 0) is 7.05 Å². The van der Waals surface area contributed by atoms with E-state index in [0.29, 0.717) is 46.0 Å². The van der Waals surface area contributed by atoms with Crippen LogP contribution in [0, 0.1) is 0 Å². The highest BCUT2D eigenvalue weighted by molar-refractivity contribution is 6.33. The van der Waals surface area contributed by atoms with Crippen molar-refractivity contribution in [1.82, 2.24) is 25.1 Å². The number of anilines is 1. The zero-order chi connectivity index (χ0) is 22.2. The summed E-state index contributed by atoms with van der Waals surface area (Å²) in [6.07, 6.45) is 5.54. The lowest BCUT2D eigenvalue weighted by Gasteiger charge is -2.31. The zero-order valence-corrected chi connectivity index (χ0v) is 18.0. The van der Waals surface area contributed by atoms with Crippen molar-refractivity contribution in [2.24, 2.45) is 7.05 Å². The molecule has 0 spiro atoms. The zero-order valence-electron chi connectivity index (χ0n) is 17.2. The summed E-state index contributed by atoms with van der Waals surface area (Å²) >= 11 is 6.17. The molecule has 0 aliphatic carbocycles.